The molecule has 0 fully saturated rings. The summed E-state index contributed by atoms with van der Waals surface area (Å²) in [5, 5.41) is 2.59. The van der Waals surface area contributed by atoms with E-state index in [0.717, 1.165) is 11.8 Å². The second kappa shape index (κ2) is 5.73. The lowest BCUT2D eigenvalue weighted by Crippen LogP contribution is -2.29. The fraction of sp³-hybridized carbons (Fsp3) is 0.214. The zero-order valence-corrected chi connectivity index (χ0v) is 11.0. The number of carbonyl (C=O) groups is 1. The fourth-order valence-corrected chi connectivity index (χ4v) is 1.87. The number of nitrogens with zero attached hydrogens (tertiary/aromatic N) is 2. The van der Waals surface area contributed by atoms with Crippen LogP contribution < -0.4 is 5.32 Å². The quantitative estimate of drug-likeness (QED) is 0.938. The van der Waals surface area contributed by atoms with Gasteiger partial charge >= 0.3 is 0 Å². The number of pyridine rings is 2. The summed E-state index contributed by atoms with van der Waals surface area (Å²) in [6, 6.07) is 3.87. The van der Waals surface area contributed by atoms with Gasteiger partial charge in [0.15, 0.2) is 11.5 Å². The summed E-state index contributed by atoms with van der Waals surface area (Å²) in [5.41, 5.74) is 1.16. The standard InChI is InChI=1S/C14H13F2N3O/c1-8-4-3-5-17-12(8)9(2)19-14(20)13-11(16)6-10(15)7-18-13/h3-7,9H,1-2H3,(H,19,20)/t9-/m1/s1. The topological polar surface area (TPSA) is 54.9 Å². The lowest BCUT2D eigenvalue weighted by molar-refractivity contribution is 0.0929. The van der Waals surface area contributed by atoms with E-state index in [2.05, 4.69) is 15.3 Å². The molecule has 4 nitrogen and oxygen atoms in total. The summed E-state index contributed by atoms with van der Waals surface area (Å²) in [5.74, 6) is -2.53. The van der Waals surface area contributed by atoms with Gasteiger partial charge in [0.25, 0.3) is 5.91 Å². The van der Waals surface area contributed by atoms with Crippen molar-refractivity contribution in [3.63, 3.8) is 0 Å². The van der Waals surface area contributed by atoms with Crippen LogP contribution in [-0.4, -0.2) is 15.9 Å². The van der Waals surface area contributed by atoms with Crippen LogP contribution in [0.2, 0.25) is 0 Å². The molecule has 2 aromatic heterocycles. The highest BCUT2D eigenvalue weighted by Crippen LogP contribution is 2.15. The van der Waals surface area contributed by atoms with Gasteiger partial charge in [-0.15, -0.1) is 0 Å². The number of halogens is 2. The third-order valence-electron chi connectivity index (χ3n) is 2.83. The molecule has 0 spiro atoms. The molecule has 2 heterocycles. The Bertz CT molecular complexity index is 646. The zero-order chi connectivity index (χ0) is 14.7. The molecule has 2 aromatic rings. The molecule has 0 saturated heterocycles. The molecule has 0 aliphatic carbocycles. The number of carbonyl (C=O) groups excluding carboxylic acids is 1. The predicted molar refractivity (Wildman–Crippen MR) is 69.0 cm³/mol. The molecule has 6 heteroatoms. The van der Waals surface area contributed by atoms with E-state index in [9.17, 15) is 13.6 Å². The third kappa shape index (κ3) is 2.96. The number of nitrogens with one attached hydrogen (secondary N) is 1. The highest BCUT2D eigenvalue weighted by Gasteiger charge is 2.18. The van der Waals surface area contributed by atoms with Gasteiger partial charge in [-0.05, 0) is 25.5 Å². The minimum atomic E-state index is -0.993. The molecule has 1 amide bonds. The van der Waals surface area contributed by atoms with Crippen molar-refractivity contribution in [2.75, 3.05) is 0 Å². The van der Waals surface area contributed by atoms with Gasteiger partial charge in [-0.3, -0.25) is 9.78 Å². The van der Waals surface area contributed by atoms with E-state index < -0.39 is 29.3 Å². The van der Waals surface area contributed by atoms with Crippen molar-refractivity contribution < 1.29 is 13.6 Å². The van der Waals surface area contributed by atoms with Crippen LogP contribution in [0.3, 0.4) is 0 Å². The Labute approximate surface area is 114 Å². The molecular formula is C14H13F2N3O. The predicted octanol–water partition coefficient (Wildman–Crippen LogP) is 2.55. The van der Waals surface area contributed by atoms with E-state index in [4.69, 9.17) is 0 Å². The summed E-state index contributed by atoms with van der Waals surface area (Å²) in [6.45, 7) is 3.59. The van der Waals surface area contributed by atoms with Crippen LogP contribution in [0.15, 0.2) is 30.6 Å². The van der Waals surface area contributed by atoms with Crippen LogP contribution in [-0.2, 0) is 0 Å². The van der Waals surface area contributed by atoms with Crippen LogP contribution in [0.5, 0.6) is 0 Å². The Morgan fingerprint density at radius 3 is 2.75 bits per heavy atom. The van der Waals surface area contributed by atoms with Gasteiger partial charge in [-0.25, -0.2) is 13.8 Å². The van der Waals surface area contributed by atoms with E-state index in [1.165, 1.54) is 0 Å². The summed E-state index contributed by atoms with van der Waals surface area (Å²) >= 11 is 0. The van der Waals surface area contributed by atoms with Crippen molar-refractivity contribution in [3.8, 4) is 0 Å². The zero-order valence-electron chi connectivity index (χ0n) is 11.0. The molecule has 0 unspecified atom stereocenters. The number of aromatic nitrogens is 2. The summed E-state index contributed by atoms with van der Waals surface area (Å²) < 4.78 is 26.2. The van der Waals surface area contributed by atoms with Crippen molar-refractivity contribution in [1.29, 1.82) is 0 Å². The number of amides is 1. The van der Waals surface area contributed by atoms with Gasteiger partial charge in [0, 0.05) is 12.3 Å². The normalized spacial score (nSPS) is 12.0. The molecule has 0 saturated carbocycles. The molecule has 0 radical (unpaired) electrons. The third-order valence-corrected chi connectivity index (χ3v) is 2.83. The molecule has 20 heavy (non-hydrogen) atoms. The number of rotatable bonds is 3. The second-order valence-corrected chi connectivity index (χ2v) is 4.38. The van der Waals surface area contributed by atoms with Crippen LogP contribution in [0, 0.1) is 18.6 Å². The van der Waals surface area contributed by atoms with E-state index in [-0.39, 0.29) is 0 Å². The molecule has 0 aromatic carbocycles. The lowest BCUT2D eigenvalue weighted by atomic mass is 10.1. The Kier molecular flexibility index (Phi) is 4.02. The van der Waals surface area contributed by atoms with Crippen molar-refractivity contribution in [1.82, 2.24) is 15.3 Å². The summed E-state index contributed by atoms with van der Waals surface area (Å²) in [6.07, 6.45) is 2.41. The largest absolute Gasteiger partial charge is 0.343 e. The van der Waals surface area contributed by atoms with E-state index in [1.807, 2.05) is 13.0 Å². The SMILES string of the molecule is Cc1cccnc1[C@@H](C)NC(=O)c1ncc(F)cc1F. The van der Waals surface area contributed by atoms with Gasteiger partial charge in [0.1, 0.15) is 5.82 Å². The summed E-state index contributed by atoms with van der Waals surface area (Å²) in [7, 11) is 0. The van der Waals surface area contributed by atoms with Crippen LogP contribution >= 0.6 is 0 Å². The maximum Gasteiger partial charge on any atom is 0.273 e. The van der Waals surface area contributed by atoms with Gasteiger partial charge in [0.05, 0.1) is 17.9 Å². The molecular weight excluding hydrogens is 264 g/mol. The first kappa shape index (κ1) is 14.0. The average molecular weight is 277 g/mol. The van der Waals surface area contributed by atoms with Crippen molar-refractivity contribution in [3.05, 3.63) is 59.2 Å². The Hall–Kier alpha value is -2.37. The minimum Gasteiger partial charge on any atom is -0.343 e. The first-order chi connectivity index (χ1) is 9.49. The van der Waals surface area contributed by atoms with Gasteiger partial charge in [-0.1, -0.05) is 6.07 Å². The monoisotopic (exact) mass is 277 g/mol. The van der Waals surface area contributed by atoms with Crippen LogP contribution in [0.4, 0.5) is 8.78 Å². The smallest absolute Gasteiger partial charge is 0.273 e. The Morgan fingerprint density at radius 2 is 2.10 bits per heavy atom. The van der Waals surface area contributed by atoms with E-state index in [1.54, 1.807) is 19.2 Å². The maximum absolute atomic E-state index is 13.5. The van der Waals surface area contributed by atoms with Gasteiger partial charge < -0.3 is 5.32 Å². The molecule has 1 atom stereocenters. The average Bonchev–Trinajstić information content (AvgIpc) is 2.38. The van der Waals surface area contributed by atoms with Gasteiger partial charge in [0.2, 0.25) is 0 Å². The summed E-state index contributed by atoms with van der Waals surface area (Å²) in [4.78, 5) is 19.5. The maximum atomic E-state index is 13.5. The molecule has 2 rings (SSSR count). The number of aryl methyl sites for hydroxylation is 1. The number of hydrogen-bond donors (Lipinski definition) is 1. The van der Waals surface area contributed by atoms with Crippen LogP contribution in [0.25, 0.3) is 0 Å². The molecule has 0 bridgehead atoms. The molecule has 104 valence electrons. The van der Waals surface area contributed by atoms with Crippen molar-refractivity contribution in [2.45, 2.75) is 19.9 Å². The van der Waals surface area contributed by atoms with E-state index >= 15 is 0 Å². The number of hydrogen-bond acceptors (Lipinski definition) is 3. The molecule has 0 aliphatic rings. The van der Waals surface area contributed by atoms with Gasteiger partial charge in [-0.2, -0.15) is 0 Å². The lowest BCUT2D eigenvalue weighted by Gasteiger charge is -2.15. The van der Waals surface area contributed by atoms with Crippen molar-refractivity contribution in [2.24, 2.45) is 0 Å². The molecule has 1 N–H and O–H groups in total. The first-order valence-corrected chi connectivity index (χ1v) is 6.02. The minimum absolute atomic E-state index is 0.407. The Morgan fingerprint density at radius 1 is 1.35 bits per heavy atom. The highest BCUT2D eigenvalue weighted by molar-refractivity contribution is 5.92. The van der Waals surface area contributed by atoms with Crippen LogP contribution in [0.1, 0.15) is 34.7 Å². The molecule has 0 aliphatic heterocycles. The van der Waals surface area contributed by atoms with E-state index in [0.29, 0.717) is 11.8 Å². The highest BCUT2D eigenvalue weighted by atomic mass is 19.1. The fourth-order valence-electron chi connectivity index (χ4n) is 1.87. The first-order valence-electron chi connectivity index (χ1n) is 6.02. The Balaban J connectivity index is 2.17. The van der Waals surface area contributed by atoms with Crippen molar-refractivity contribution >= 4 is 5.91 Å². The second-order valence-electron chi connectivity index (χ2n) is 4.38.